The van der Waals surface area contributed by atoms with E-state index < -0.39 is 0 Å². The number of carbonyl (C=O) groups excluding carboxylic acids is 1. The molecular formula is C18H22N2O2. The van der Waals surface area contributed by atoms with Crippen molar-refractivity contribution >= 4 is 16.7 Å². The lowest BCUT2D eigenvalue weighted by Crippen LogP contribution is -2.55. The summed E-state index contributed by atoms with van der Waals surface area (Å²) in [5.74, 6) is -0.00661. The molecule has 4 nitrogen and oxygen atoms in total. The smallest absolute Gasteiger partial charge is 0.240 e. The van der Waals surface area contributed by atoms with Gasteiger partial charge in [-0.2, -0.15) is 0 Å². The minimum atomic E-state index is -0.281. The monoisotopic (exact) mass is 298 g/mol. The van der Waals surface area contributed by atoms with E-state index in [1.165, 1.54) is 10.8 Å². The first-order valence-electron chi connectivity index (χ1n) is 7.79. The molecule has 3 atom stereocenters. The van der Waals surface area contributed by atoms with E-state index in [1.807, 2.05) is 26.0 Å². The summed E-state index contributed by atoms with van der Waals surface area (Å²) in [7, 11) is 0. The Morgan fingerprint density at radius 2 is 2.05 bits per heavy atom. The molecule has 1 unspecified atom stereocenters. The van der Waals surface area contributed by atoms with Crippen LogP contribution in [0.3, 0.4) is 0 Å². The highest BCUT2D eigenvalue weighted by Crippen LogP contribution is 2.20. The number of carbonyl (C=O) groups is 1. The maximum absolute atomic E-state index is 12.4. The van der Waals surface area contributed by atoms with E-state index in [0.29, 0.717) is 13.2 Å². The first-order chi connectivity index (χ1) is 10.6. The second-order valence-electron chi connectivity index (χ2n) is 5.84. The maximum Gasteiger partial charge on any atom is 0.240 e. The minimum absolute atomic E-state index is 0.00661. The van der Waals surface area contributed by atoms with E-state index >= 15 is 0 Å². The van der Waals surface area contributed by atoms with Crippen LogP contribution >= 0.6 is 0 Å². The molecule has 4 heteroatoms. The number of morpholine rings is 1. The van der Waals surface area contributed by atoms with Gasteiger partial charge in [0.15, 0.2) is 0 Å². The highest BCUT2D eigenvalue weighted by molar-refractivity contribution is 5.84. The Hall–Kier alpha value is -1.91. The number of hydrogen-bond donors (Lipinski definition) is 2. The SMILES string of the molecule is CC(NC(=O)[C@H]1NCCO[C@@H]1C)c1ccc2ccccc2c1. The molecule has 0 aromatic heterocycles. The zero-order valence-electron chi connectivity index (χ0n) is 13.0. The summed E-state index contributed by atoms with van der Waals surface area (Å²) in [6, 6.07) is 14.2. The normalized spacial score (nSPS) is 23.2. The predicted molar refractivity (Wildman–Crippen MR) is 87.7 cm³/mol. The van der Waals surface area contributed by atoms with Gasteiger partial charge in [0.25, 0.3) is 0 Å². The van der Waals surface area contributed by atoms with Crippen molar-refractivity contribution < 1.29 is 9.53 Å². The van der Waals surface area contributed by atoms with Gasteiger partial charge in [0.05, 0.1) is 18.8 Å². The van der Waals surface area contributed by atoms with Gasteiger partial charge in [0.1, 0.15) is 6.04 Å². The van der Waals surface area contributed by atoms with Crippen LogP contribution in [0.15, 0.2) is 42.5 Å². The highest BCUT2D eigenvalue weighted by atomic mass is 16.5. The Bertz CT molecular complexity index is 671. The van der Waals surface area contributed by atoms with Gasteiger partial charge in [-0.05, 0) is 36.2 Å². The zero-order chi connectivity index (χ0) is 15.5. The van der Waals surface area contributed by atoms with Gasteiger partial charge in [0.2, 0.25) is 5.91 Å². The highest BCUT2D eigenvalue weighted by Gasteiger charge is 2.29. The van der Waals surface area contributed by atoms with Crippen LogP contribution in [0.4, 0.5) is 0 Å². The molecule has 1 fully saturated rings. The molecule has 1 saturated heterocycles. The van der Waals surface area contributed by atoms with Gasteiger partial charge in [-0.3, -0.25) is 4.79 Å². The molecule has 2 N–H and O–H groups in total. The number of hydrogen-bond acceptors (Lipinski definition) is 3. The molecule has 0 aliphatic carbocycles. The van der Waals surface area contributed by atoms with E-state index in [-0.39, 0.29) is 24.1 Å². The molecule has 0 radical (unpaired) electrons. The summed E-state index contributed by atoms with van der Waals surface area (Å²) in [5, 5.41) is 8.70. The van der Waals surface area contributed by atoms with E-state index in [1.54, 1.807) is 0 Å². The number of amides is 1. The molecule has 1 amide bonds. The van der Waals surface area contributed by atoms with Gasteiger partial charge in [-0.15, -0.1) is 0 Å². The maximum atomic E-state index is 12.4. The van der Waals surface area contributed by atoms with Crippen LogP contribution in [0, 0.1) is 0 Å². The lowest BCUT2D eigenvalue weighted by atomic mass is 10.0. The predicted octanol–water partition coefficient (Wildman–Crippen LogP) is 2.39. The second kappa shape index (κ2) is 6.46. The first kappa shape index (κ1) is 15.0. The largest absolute Gasteiger partial charge is 0.375 e. The van der Waals surface area contributed by atoms with Crippen LogP contribution in [-0.4, -0.2) is 31.2 Å². The van der Waals surface area contributed by atoms with E-state index in [2.05, 4.69) is 41.0 Å². The molecule has 1 aliphatic heterocycles. The van der Waals surface area contributed by atoms with E-state index in [9.17, 15) is 4.79 Å². The van der Waals surface area contributed by atoms with Crippen LogP contribution < -0.4 is 10.6 Å². The van der Waals surface area contributed by atoms with Crippen molar-refractivity contribution in [3.8, 4) is 0 Å². The van der Waals surface area contributed by atoms with Crippen LogP contribution in [0.25, 0.3) is 10.8 Å². The van der Waals surface area contributed by atoms with Crippen molar-refractivity contribution in [2.75, 3.05) is 13.2 Å². The van der Waals surface area contributed by atoms with Crippen LogP contribution in [0.1, 0.15) is 25.5 Å². The number of rotatable bonds is 3. The topological polar surface area (TPSA) is 50.4 Å². The summed E-state index contributed by atoms with van der Waals surface area (Å²) in [4.78, 5) is 12.4. The average Bonchev–Trinajstić information content (AvgIpc) is 2.54. The Morgan fingerprint density at radius 1 is 1.27 bits per heavy atom. The molecular weight excluding hydrogens is 276 g/mol. The van der Waals surface area contributed by atoms with Gasteiger partial charge in [0, 0.05) is 6.54 Å². The van der Waals surface area contributed by atoms with Gasteiger partial charge in [-0.1, -0.05) is 36.4 Å². The fourth-order valence-corrected chi connectivity index (χ4v) is 2.89. The number of nitrogens with one attached hydrogen (secondary N) is 2. The number of benzene rings is 2. The van der Waals surface area contributed by atoms with Crippen LogP contribution in [0.5, 0.6) is 0 Å². The van der Waals surface area contributed by atoms with Crippen molar-refractivity contribution in [3.05, 3.63) is 48.0 Å². The molecule has 0 bridgehead atoms. The Morgan fingerprint density at radius 3 is 2.82 bits per heavy atom. The quantitative estimate of drug-likeness (QED) is 0.915. The standard InChI is InChI=1S/C18H22N2O2/c1-12(20-18(21)17-13(2)22-10-9-19-17)15-8-7-14-5-3-4-6-16(14)11-15/h3-8,11-13,17,19H,9-10H2,1-2H3,(H,20,21)/t12?,13-,17+/m1/s1. The summed E-state index contributed by atoms with van der Waals surface area (Å²) in [5.41, 5.74) is 1.11. The third kappa shape index (κ3) is 3.13. The third-order valence-corrected chi connectivity index (χ3v) is 4.23. The van der Waals surface area contributed by atoms with Crippen LogP contribution in [-0.2, 0) is 9.53 Å². The van der Waals surface area contributed by atoms with E-state index in [4.69, 9.17) is 4.74 Å². The molecule has 1 aliphatic rings. The Balaban J connectivity index is 1.72. The number of fused-ring (bicyclic) bond motifs is 1. The summed E-state index contributed by atoms with van der Waals surface area (Å²) >= 11 is 0. The molecule has 22 heavy (non-hydrogen) atoms. The molecule has 1 heterocycles. The molecule has 2 aromatic rings. The lowest BCUT2D eigenvalue weighted by molar-refractivity contribution is -0.129. The Labute approximate surface area is 130 Å². The summed E-state index contributed by atoms with van der Waals surface area (Å²) in [6.07, 6.45) is -0.0995. The number of ether oxygens (including phenoxy) is 1. The fraction of sp³-hybridized carbons (Fsp3) is 0.389. The average molecular weight is 298 g/mol. The van der Waals surface area contributed by atoms with Crippen molar-refractivity contribution in [3.63, 3.8) is 0 Å². The van der Waals surface area contributed by atoms with Crippen molar-refractivity contribution in [2.45, 2.75) is 32.0 Å². The lowest BCUT2D eigenvalue weighted by Gasteiger charge is -2.30. The van der Waals surface area contributed by atoms with Crippen molar-refractivity contribution in [1.82, 2.24) is 10.6 Å². The van der Waals surface area contributed by atoms with Gasteiger partial charge >= 0.3 is 0 Å². The summed E-state index contributed by atoms with van der Waals surface area (Å²) in [6.45, 7) is 5.31. The fourth-order valence-electron chi connectivity index (χ4n) is 2.89. The zero-order valence-corrected chi connectivity index (χ0v) is 13.0. The second-order valence-corrected chi connectivity index (χ2v) is 5.84. The third-order valence-electron chi connectivity index (χ3n) is 4.23. The van der Waals surface area contributed by atoms with Crippen molar-refractivity contribution in [1.29, 1.82) is 0 Å². The van der Waals surface area contributed by atoms with Crippen LogP contribution in [0.2, 0.25) is 0 Å². The molecule has 3 rings (SSSR count). The minimum Gasteiger partial charge on any atom is -0.375 e. The Kier molecular flexibility index (Phi) is 4.41. The molecule has 2 aromatic carbocycles. The van der Waals surface area contributed by atoms with E-state index in [0.717, 1.165) is 5.56 Å². The van der Waals surface area contributed by atoms with Crippen molar-refractivity contribution in [2.24, 2.45) is 0 Å². The van der Waals surface area contributed by atoms with Gasteiger partial charge < -0.3 is 15.4 Å². The molecule has 0 saturated carbocycles. The first-order valence-corrected chi connectivity index (χ1v) is 7.79. The summed E-state index contributed by atoms with van der Waals surface area (Å²) < 4.78 is 5.53. The van der Waals surface area contributed by atoms with Gasteiger partial charge in [-0.25, -0.2) is 0 Å². The molecule has 0 spiro atoms. The molecule has 116 valence electrons.